The Labute approximate surface area is 145 Å². The maximum Gasteiger partial charge on any atom is 0.185 e. The summed E-state index contributed by atoms with van der Waals surface area (Å²) in [6, 6.07) is 7.87. The van der Waals surface area contributed by atoms with Crippen LogP contribution in [0.4, 0.5) is 8.78 Å². The van der Waals surface area contributed by atoms with Crippen molar-refractivity contribution in [1.82, 2.24) is 0 Å². The van der Waals surface area contributed by atoms with Crippen LogP contribution < -0.4 is 0 Å². The van der Waals surface area contributed by atoms with Gasteiger partial charge >= 0.3 is 0 Å². The molecule has 2 nitrogen and oxygen atoms in total. The standard InChI is InChI=1S/C18H17ClF2O2S/c1-2-11-3-8-14-15(20)9-10-16(21)17(14)18(11)24(22,23)13-6-4-12(19)5-7-13/h4-7,9-11,18H,2-3,8H2,1H3/t11-,18-/m1/s1. The van der Waals surface area contributed by atoms with Gasteiger partial charge in [-0.1, -0.05) is 24.9 Å². The summed E-state index contributed by atoms with van der Waals surface area (Å²) in [5, 5.41) is -0.662. The van der Waals surface area contributed by atoms with E-state index in [4.69, 9.17) is 11.6 Å². The summed E-state index contributed by atoms with van der Waals surface area (Å²) in [7, 11) is -3.86. The minimum atomic E-state index is -3.86. The second-order valence-electron chi connectivity index (χ2n) is 6.05. The van der Waals surface area contributed by atoms with Gasteiger partial charge < -0.3 is 0 Å². The van der Waals surface area contributed by atoms with Crippen LogP contribution in [0, 0.1) is 17.6 Å². The fourth-order valence-corrected chi connectivity index (χ4v) is 5.82. The maximum absolute atomic E-state index is 14.5. The molecule has 0 aliphatic heterocycles. The Kier molecular flexibility index (Phi) is 4.67. The Bertz CT molecular complexity index is 863. The molecule has 0 aromatic heterocycles. The first-order valence-electron chi connectivity index (χ1n) is 7.82. The molecule has 0 saturated heterocycles. The molecule has 6 heteroatoms. The van der Waals surface area contributed by atoms with Gasteiger partial charge in [0.15, 0.2) is 9.84 Å². The molecule has 1 aliphatic carbocycles. The summed E-state index contributed by atoms with van der Waals surface area (Å²) in [6.07, 6.45) is 1.44. The lowest BCUT2D eigenvalue weighted by atomic mass is 9.81. The van der Waals surface area contributed by atoms with E-state index in [0.717, 1.165) is 12.1 Å². The van der Waals surface area contributed by atoms with Crippen molar-refractivity contribution in [3.63, 3.8) is 0 Å². The lowest BCUT2D eigenvalue weighted by molar-refractivity contribution is 0.396. The summed E-state index contributed by atoms with van der Waals surface area (Å²) < 4.78 is 54.9. The average Bonchev–Trinajstić information content (AvgIpc) is 2.57. The van der Waals surface area contributed by atoms with Crippen LogP contribution in [0.3, 0.4) is 0 Å². The number of hydrogen-bond donors (Lipinski definition) is 0. The fourth-order valence-electron chi connectivity index (χ4n) is 3.49. The SMILES string of the molecule is CC[C@@H]1CCc2c(F)ccc(F)c2[C@@H]1S(=O)(=O)c1ccc(Cl)cc1. The zero-order valence-corrected chi connectivity index (χ0v) is 14.7. The van der Waals surface area contributed by atoms with Gasteiger partial charge in [-0.2, -0.15) is 0 Å². The maximum atomic E-state index is 14.5. The first-order valence-corrected chi connectivity index (χ1v) is 9.75. The Morgan fingerprint density at radius 1 is 1.08 bits per heavy atom. The number of fused-ring (bicyclic) bond motifs is 1. The first kappa shape index (κ1) is 17.4. The van der Waals surface area contributed by atoms with Crippen molar-refractivity contribution in [2.75, 3.05) is 0 Å². The molecule has 0 saturated carbocycles. The zero-order valence-electron chi connectivity index (χ0n) is 13.1. The molecule has 0 bridgehead atoms. The van der Waals surface area contributed by atoms with Crippen molar-refractivity contribution < 1.29 is 17.2 Å². The van der Waals surface area contributed by atoms with Crippen LogP contribution >= 0.6 is 11.6 Å². The minimum Gasteiger partial charge on any atom is -0.223 e. The quantitative estimate of drug-likeness (QED) is 0.752. The van der Waals surface area contributed by atoms with Gasteiger partial charge in [-0.3, -0.25) is 0 Å². The summed E-state index contributed by atoms with van der Waals surface area (Å²) in [6.45, 7) is 1.87. The highest BCUT2D eigenvalue weighted by atomic mass is 35.5. The van der Waals surface area contributed by atoms with Gasteiger partial charge in [0, 0.05) is 10.6 Å². The average molecular weight is 371 g/mol. The van der Waals surface area contributed by atoms with Crippen LogP contribution in [0.2, 0.25) is 5.02 Å². The molecule has 2 aromatic rings. The van der Waals surface area contributed by atoms with E-state index in [1.165, 1.54) is 24.3 Å². The predicted molar refractivity (Wildman–Crippen MR) is 89.8 cm³/mol. The van der Waals surface area contributed by atoms with E-state index < -0.39 is 26.7 Å². The smallest absolute Gasteiger partial charge is 0.185 e. The number of benzene rings is 2. The molecular weight excluding hydrogens is 354 g/mol. The predicted octanol–water partition coefficient (Wildman–Crippen LogP) is 5.11. The van der Waals surface area contributed by atoms with Gasteiger partial charge in [0.05, 0.1) is 10.1 Å². The summed E-state index contributed by atoms with van der Waals surface area (Å²) >= 11 is 5.83. The molecule has 0 N–H and O–H groups in total. The molecule has 3 rings (SSSR count). The molecule has 128 valence electrons. The number of halogens is 3. The third kappa shape index (κ3) is 2.84. The first-order chi connectivity index (χ1) is 11.4. The van der Waals surface area contributed by atoms with E-state index >= 15 is 0 Å². The lowest BCUT2D eigenvalue weighted by Crippen LogP contribution is -2.29. The highest BCUT2D eigenvalue weighted by molar-refractivity contribution is 7.91. The number of hydrogen-bond acceptors (Lipinski definition) is 2. The monoisotopic (exact) mass is 370 g/mol. The van der Waals surface area contributed by atoms with Crippen molar-refractivity contribution in [3.05, 3.63) is 64.2 Å². The molecule has 1 aliphatic rings. The van der Waals surface area contributed by atoms with Crippen LogP contribution in [-0.2, 0) is 16.3 Å². The summed E-state index contributed by atoms with van der Waals surface area (Å²) in [5.74, 6) is -1.46. The Morgan fingerprint density at radius 3 is 2.33 bits per heavy atom. The van der Waals surface area contributed by atoms with Gasteiger partial charge in [0.1, 0.15) is 11.6 Å². The Morgan fingerprint density at radius 2 is 1.71 bits per heavy atom. The summed E-state index contributed by atoms with van der Waals surface area (Å²) in [5.41, 5.74) is 0.172. The minimum absolute atomic E-state index is 0.0111. The molecule has 24 heavy (non-hydrogen) atoms. The van der Waals surface area contributed by atoms with E-state index in [1.807, 2.05) is 6.92 Å². The van der Waals surface area contributed by atoms with Crippen LogP contribution in [0.25, 0.3) is 0 Å². The highest BCUT2D eigenvalue weighted by Gasteiger charge is 2.41. The van der Waals surface area contributed by atoms with Crippen molar-refractivity contribution in [2.24, 2.45) is 5.92 Å². The third-order valence-electron chi connectivity index (χ3n) is 4.73. The second kappa shape index (κ2) is 6.45. The summed E-state index contributed by atoms with van der Waals surface area (Å²) in [4.78, 5) is 0.0758. The Balaban J connectivity index is 2.22. The van der Waals surface area contributed by atoms with Gasteiger partial charge in [0.2, 0.25) is 0 Å². The van der Waals surface area contributed by atoms with E-state index in [2.05, 4.69) is 0 Å². The number of rotatable bonds is 3. The van der Waals surface area contributed by atoms with Crippen LogP contribution in [-0.4, -0.2) is 8.42 Å². The lowest BCUT2D eigenvalue weighted by Gasteiger charge is -2.33. The van der Waals surface area contributed by atoms with Crippen molar-refractivity contribution in [3.8, 4) is 0 Å². The van der Waals surface area contributed by atoms with Gasteiger partial charge in [-0.25, -0.2) is 17.2 Å². The molecular formula is C18H17ClF2O2S. The van der Waals surface area contributed by atoms with Crippen LogP contribution in [0.15, 0.2) is 41.3 Å². The van der Waals surface area contributed by atoms with Gasteiger partial charge in [-0.15, -0.1) is 0 Å². The largest absolute Gasteiger partial charge is 0.223 e. The van der Waals surface area contributed by atoms with E-state index in [0.29, 0.717) is 24.3 Å². The second-order valence-corrected chi connectivity index (χ2v) is 8.55. The van der Waals surface area contributed by atoms with E-state index in [9.17, 15) is 17.2 Å². The Hall–Kier alpha value is -1.46. The fraction of sp³-hybridized carbons (Fsp3) is 0.333. The normalized spacial score (nSPS) is 20.7. The molecule has 0 radical (unpaired) electrons. The molecule has 0 heterocycles. The van der Waals surface area contributed by atoms with Gasteiger partial charge in [0.25, 0.3) is 0 Å². The molecule has 0 spiro atoms. The van der Waals surface area contributed by atoms with Crippen molar-refractivity contribution in [1.29, 1.82) is 0 Å². The topological polar surface area (TPSA) is 34.1 Å². The van der Waals surface area contributed by atoms with Crippen LogP contribution in [0.5, 0.6) is 0 Å². The molecule has 2 aromatic carbocycles. The van der Waals surface area contributed by atoms with Crippen molar-refractivity contribution >= 4 is 21.4 Å². The van der Waals surface area contributed by atoms with Gasteiger partial charge in [-0.05, 0) is 60.7 Å². The molecule has 0 unspecified atom stereocenters. The zero-order chi connectivity index (χ0) is 17.5. The van der Waals surface area contributed by atoms with E-state index in [-0.39, 0.29) is 21.9 Å². The van der Waals surface area contributed by atoms with Crippen molar-refractivity contribution in [2.45, 2.75) is 36.3 Å². The highest BCUT2D eigenvalue weighted by Crippen LogP contribution is 2.45. The third-order valence-corrected chi connectivity index (χ3v) is 7.20. The molecule has 2 atom stereocenters. The molecule has 0 fully saturated rings. The van der Waals surface area contributed by atoms with E-state index in [1.54, 1.807) is 0 Å². The van der Waals surface area contributed by atoms with Crippen LogP contribution in [0.1, 0.15) is 36.1 Å². The number of sulfone groups is 1. The molecule has 0 amide bonds.